The predicted molar refractivity (Wildman–Crippen MR) is 136 cm³/mol. The standard InChI is InChI=1S/C29H19N3O3/c30-17-23(29(33)21-9-6-11-25(16-21)32(34)35)15-24-19-31(28-14-4-3-13-27(24)28)18-22-10-5-8-20-7-1-2-12-26(20)22/h1-16,19H,18H2/b23-15+. The number of para-hydroxylation sites is 1. The van der Waals surface area contributed by atoms with E-state index in [4.69, 9.17) is 0 Å². The zero-order valence-corrected chi connectivity index (χ0v) is 18.6. The smallest absolute Gasteiger partial charge is 0.270 e. The number of nitriles is 1. The Morgan fingerprint density at radius 2 is 1.66 bits per heavy atom. The fourth-order valence-electron chi connectivity index (χ4n) is 4.36. The molecule has 6 nitrogen and oxygen atoms in total. The molecule has 0 atom stereocenters. The lowest BCUT2D eigenvalue weighted by Gasteiger charge is -2.09. The van der Waals surface area contributed by atoms with Crippen molar-refractivity contribution >= 4 is 39.2 Å². The number of ketones is 1. The van der Waals surface area contributed by atoms with Crippen LogP contribution in [0.3, 0.4) is 0 Å². The van der Waals surface area contributed by atoms with Crippen LogP contribution in [-0.4, -0.2) is 15.3 Å². The molecule has 6 heteroatoms. The largest absolute Gasteiger partial charge is 0.342 e. The van der Waals surface area contributed by atoms with Crippen LogP contribution in [0.1, 0.15) is 21.5 Å². The number of hydrogen-bond acceptors (Lipinski definition) is 4. The van der Waals surface area contributed by atoms with Crippen molar-refractivity contribution in [3.05, 3.63) is 130 Å². The zero-order valence-electron chi connectivity index (χ0n) is 18.6. The second kappa shape index (κ2) is 9.08. The Hall–Kier alpha value is -5.02. The van der Waals surface area contributed by atoms with Gasteiger partial charge in [-0.25, -0.2) is 0 Å². The zero-order chi connectivity index (χ0) is 24.4. The summed E-state index contributed by atoms with van der Waals surface area (Å²) < 4.78 is 2.11. The van der Waals surface area contributed by atoms with Gasteiger partial charge in [0.15, 0.2) is 0 Å². The number of Topliss-reactive ketones (excluding diaryl/α,β-unsaturated/α-hetero) is 1. The van der Waals surface area contributed by atoms with Crippen LogP contribution in [-0.2, 0) is 6.54 Å². The Balaban J connectivity index is 1.57. The first-order valence-corrected chi connectivity index (χ1v) is 11.0. The van der Waals surface area contributed by atoms with Crippen molar-refractivity contribution in [2.75, 3.05) is 0 Å². The number of carbonyl (C=O) groups excluding carboxylic acids is 1. The molecule has 0 radical (unpaired) electrons. The second-order valence-electron chi connectivity index (χ2n) is 8.17. The molecule has 4 aromatic carbocycles. The molecule has 0 saturated carbocycles. The molecule has 0 amide bonds. The van der Waals surface area contributed by atoms with E-state index in [1.165, 1.54) is 29.7 Å². The molecule has 168 valence electrons. The van der Waals surface area contributed by atoms with Gasteiger partial charge in [-0.1, -0.05) is 72.8 Å². The number of benzene rings is 4. The van der Waals surface area contributed by atoms with E-state index >= 15 is 0 Å². The molecule has 35 heavy (non-hydrogen) atoms. The summed E-state index contributed by atoms with van der Waals surface area (Å²) in [5, 5.41) is 24.1. The van der Waals surface area contributed by atoms with Crippen molar-refractivity contribution in [1.29, 1.82) is 5.26 Å². The first kappa shape index (κ1) is 21.8. The van der Waals surface area contributed by atoms with Crippen LogP contribution in [0.15, 0.2) is 103 Å². The van der Waals surface area contributed by atoms with Crippen LogP contribution in [0.25, 0.3) is 27.8 Å². The summed E-state index contributed by atoms with van der Waals surface area (Å²) in [5.41, 5.74) is 2.69. The maximum absolute atomic E-state index is 13.0. The molecule has 0 aliphatic carbocycles. The summed E-state index contributed by atoms with van der Waals surface area (Å²) in [5.74, 6) is -0.554. The van der Waals surface area contributed by atoms with Gasteiger partial charge in [-0.05, 0) is 28.5 Å². The van der Waals surface area contributed by atoms with Gasteiger partial charge in [0, 0.05) is 46.9 Å². The predicted octanol–water partition coefficient (Wildman–Crippen LogP) is 6.54. The average molecular weight is 457 g/mol. The van der Waals surface area contributed by atoms with E-state index in [1.54, 1.807) is 6.08 Å². The first-order chi connectivity index (χ1) is 17.0. The van der Waals surface area contributed by atoms with Crippen molar-refractivity contribution in [1.82, 2.24) is 4.57 Å². The third kappa shape index (κ3) is 4.19. The second-order valence-corrected chi connectivity index (χ2v) is 8.17. The molecule has 0 saturated heterocycles. The van der Waals surface area contributed by atoms with Crippen LogP contribution in [0.5, 0.6) is 0 Å². The monoisotopic (exact) mass is 457 g/mol. The number of nitrogens with zero attached hydrogens (tertiary/aromatic N) is 3. The number of non-ortho nitro benzene ring substituents is 1. The molecule has 0 spiro atoms. The lowest BCUT2D eigenvalue weighted by Crippen LogP contribution is -2.02. The number of fused-ring (bicyclic) bond motifs is 2. The lowest BCUT2D eigenvalue weighted by molar-refractivity contribution is -0.384. The van der Waals surface area contributed by atoms with Gasteiger partial charge in [-0.2, -0.15) is 5.26 Å². The van der Waals surface area contributed by atoms with Gasteiger partial charge in [0.25, 0.3) is 5.69 Å². The fraction of sp³-hybridized carbons (Fsp3) is 0.0345. The first-order valence-electron chi connectivity index (χ1n) is 11.0. The minimum atomic E-state index is -0.562. The molecule has 1 aromatic heterocycles. The Morgan fingerprint density at radius 1 is 0.943 bits per heavy atom. The van der Waals surface area contributed by atoms with E-state index in [9.17, 15) is 20.2 Å². The maximum Gasteiger partial charge on any atom is 0.270 e. The average Bonchev–Trinajstić information content (AvgIpc) is 3.24. The van der Waals surface area contributed by atoms with E-state index in [1.807, 2.05) is 54.7 Å². The van der Waals surface area contributed by atoms with Gasteiger partial charge in [-0.3, -0.25) is 14.9 Å². The number of rotatable bonds is 6. The Morgan fingerprint density at radius 3 is 2.46 bits per heavy atom. The summed E-state index contributed by atoms with van der Waals surface area (Å²) >= 11 is 0. The molecule has 0 fully saturated rings. The number of carbonyl (C=O) groups is 1. The van der Waals surface area contributed by atoms with Gasteiger partial charge < -0.3 is 4.57 Å². The fourth-order valence-corrected chi connectivity index (χ4v) is 4.36. The third-order valence-corrected chi connectivity index (χ3v) is 6.02. The summed E-state index contributed by atoms with van der Waals surface area (Å²) in [6, 6.07) is 29.7. The Bertz CT molecular complexity index is 1680. The van der Waals surface area contributed by atoms with Crippen molar-refractivity contribution in [2.24, 2.45) is 0 Å². The summed E-state index contributed by atoms with van der Waals surface area (Å²) in [4.78, 5) is 23.6. The Labute approximate surface area is 201 Å². The number of allylic oxidation sites excluding steroid dienone is 1. The molecular formula is C29H19N3O3. The van der Waals surface area contributed by atoms with Crippen molar-refractivity contribution in [3.63, 3.8) is 0 Å². The number of nitro groups is 1. The highest BCUT2D eigenvalue weighted by Crippen LogP contribution is 2.27. The van der Waals surface area contributed by atoms with Crippen LogP contribution in [0.4, 0.5) is 5.69 Å². The van der Waals surface area contributed by atoms with Crippen molar-refractivity contribution in [3.8, 4) is 6.07 Å². The van der Waals surface area contributed by atoms with Gasteiger partial charge in [0.05, 0.1) is 4.92 Å². The van der Waals surface area contributed by atoms with Gasteiger partial charge >= 0.3 is 0 Å². The van der Waals surface area contributed by atoms with Gasteiger partial charge in [-0.15, -0.1) is 0 Å². The van der Waals surface area contributed by atoms with E-state index in [2.05, 4.69) is 28.8 Å². The highest BCUT2D eigenvalue weighted by atomic mass is 16.6. The minimum Gasteiger partial charge on any atom is -0.342 e. The maximum atomic E-state index is 13.0. The summed E-state index contributed by atoms with van der Waals surface area (Å²) in [6.07, 6.45) is 3.49. The van der Waals surface area contributed by atoms with Crippen LogP contribution >= 0.6 is 0 Å². The molecule has 0 N–H and O–H groups in total. The number of nitro benzene ring substituents is 1. The topological polar surface area (TPSA) is 88.9 Å². The molecule has 0 aliphatic heterocycles. The van der Waals surface area contributed by atoms with Crippen LogP contribution < -0.4 is 0 Å². The molecule has 0 bridgehead atoms. The van der Waals surface area contributed by atoms with E-state index < -0.39 is 10.7 Å². The van der Waals surface area contributed by atoms with Gasteiger partial charge in [0.2, 0.25) is 5.78 Å². The molecule has 1 heterocycles. The highest BCUT2D eigenvalue weighted by Gasteiger charge is 2.17. The molecule has 5 rings (SSSR count). The van der Waals surface area contributed by atoms with Crippen molar-refractivity contribution < 1.29 is 9.72 Å². The molecule has 5 aromatic rings. The van der Waals surface area contributed by atoms with E-state index in [0.717, 1.165) is 27.4 Å². The van der Waals surface area contributed by atoms with Gasteiger partial charge in [0.1, 0.15) is 11.6 Å². The quantitative estimate of drug-likeness (QED) is 0.0952. The van der Waals surface area contributed by atoms with Crippen LogP contribution in [0.2, 0.25) is 0 Å². The number of aromatic nitrogens is 1. The Kier molecular flexibility index (Phi) is 5.66. The minimum absolute atomic E-state index is 0.0847. The van der Waals surface area contributed by atoms with E-state index in [0.29, 0.717) is 6.54 Å². The lowest BCUT2D eigenvalue weighted by atomic mass is 10.0. The highest BCUT2D eigenvalue weighted by molar-refractivity contribution is 6.15. The summed E-state index contributed by atoms with van der Waals surface area (Å²) in [7, 11) is 0. The third-order valence-electron chi connectivity index (χ3n) is 6.02. The SMILES string of the molecule is N#C/C(=C\c1cn(Cc2cccc3ccccc23)c2ccccc12)C(=O)c1cccc([N+](=O)[O-])c1. The normalized spacial score (nSPS) is 11.5. The summed E-state index contributed by atoms with van der Waals surface area (Å²) in [6.45, 7) is 0.621. The molecule has 0 aliphatic rings. The van der Waals surface area contributed by atoms with E-state index in [-0.39, 0.29) is 16.8 Å². The molecular weight excluding hydrogens is 438 g/mol. The molecule has 0 unspecified atom stereocenters. The number of hydrogen-bond donors (Lipinski definition) is 0. The van der Waals surface area contributed by atoms with Crippen LogP contribution in [0, 0.1) is 21.4 Å². The van der Waals surface area contributed by atoms with Crippen molar-refractivity contribution in [2.45, 2.75) is 6.54 Å².